The maximum Gasteiger partial charge on any atom is -0.0179 e. The molecule has 0 fully saturated rings. The van der Waals surface area contributed by atoms with Gasteiger partial charge in [-0.05, 0) is 25.0 Å². The highest BCUT2D eigenvalue weighted by atomic mass is 14.0. The maximum atomic E-state index is 3.80. The smallest absolute Gasteiger partial charge is 0.0179 e. The van der Waals surface area contributed by atoms with Crippen molar-refractivity contribution in [3.8, 4) is 0 Å². The van der Waals surface area contributed by atoms with E-state index in [1.165, 1.54) is 16.7 Å². The van der Waals surface area contributed by atoms with Crippen molar-refractivity contribution in [1.82, 2.24) is 0 Å². The van der Waals surface area contributed by atoms with E-state index in [-0.39, 0.29) is 0 Å². The number of rotatable bonds is 3. The van der Waals surface area contributed by atoms with Gasteiger partial charge in [-0.15, -0.1) is 0 Å². The van der Waals surface area contributed by atoms with Crippen molar-refractivity contribution in [2.75, 3.05) is 0 Å². The second-order valence-electron chi connectivity index (χ2n) is 3.44. The Morgan fingerprint density at radius 3 is 2.07 bits per heavy atom. The van der Waals surface area contributed by atoms with Crippen molar-refractivity contribution in [3.63, 3.8) is 0 Å². The van der Waals surface area contributed by atoms with Crippen LogP contribution in [0.15, 0.2) is 49.6 Å². The van der Waals surface area contributed by atoms with Crippen LogP contribution in [0.25, 0.3) is 5.57 Å². The lowest BCUT2D eigenvalue weighted by atomic mass is 10.0. The summed E-state index contributed by atoms with van der Waals surface area (Å²) in [4.78, 5) is 0. The highest BCUT2D eigenvalue weighted by molar-refractivity contribution is 5.75. The standard InChI is InChI=1S/C14H16/c1-5-7-13(6-2)14-9-11(3)8-12(4)10-14/h5-10H,1-2H2,3-4H3/b13-7+. The lowest BCUT2D eigenvalue weighted by Gasteiger charge is -2.05. The molecule has 0 N–H and O–H groups in total. The van der Waals surface area contributed by atoms with E-state index in [4.69, 9.17) is 0 Å². The molecular formula is C14H16. The van der Waals surface area contributed by atoms with Gasteiger partial charge in [0.25, 0.3) is 0 Å². The van der Waals surface area contributed by atoms with Crippen LogP contribution in [0, 0.1) is 13.8 Å². The molecule has 0 heteroatoms. The predicted molar refractivity (Wildman–Crippen MR) is 64.3 cm³/mol. The summed E-state index contributed by atoms with van der Waals surface area (Å²) < 4.78 is 0. The topological polar surface area (TPSA) is 0 Å². The molecule has 0 aromatic heterocycles. The van der Waals surface area contributed by atoms with Gasteiger partial charge < -0.3 is 0 Å². The van der Waals surface area contributed by atoms with Crippen LogP contribution in [-0.2, 0) is 0 Å². The molecule has 0 bridgehead atoms. The quantitative estimate of drug-likeness (QED) is 0.621. The molecule has 0 nitrogen and oxygen atoms in total. The zero-order chi connectivity index (χ0) is 10.6. The number of hydrogen-bond acceptors (Lipinski definition) is 0. The molecule has 1 aromatic carbocycles. The maximum absolute atomic E-state index is 3.80. The SMILES string of the molecule is C=C/C=C(\C=C)c1cc(C)cc(C)c1. The second-order valence-corrected chi connectivity index (χ2v) is 3.44. The van der Waals surface area contributed by atoms with E-state index in [0.717, 1.165) is 5.57 Å². The van der Waals surface area contributed by atoms with Crippen LogP contribution >= 0.6 is 0 Å². The molecule has 0 spiro atoms. The number of aryl methyl sites for hydroxylation is 2. The van der Waals surface area contributed by atoms with Gasteiger partial charge in [-0.3, -0.25) is 0 Å². The van der Waals surface area contributed by atoms with Crippen molar-refractivity contribution in [2.45, 2.75) is 13.8 Å². The fourth-order valence-corrected chi connectivity index (χ4v) is 1.55. The monoisotopic (exact) mass is 184 g/mol. The van der Waals surface area contributed by atoms with Crippen molar-refractivity contribution < 1.29 is 0 Å². The lowest BCUT2D eigenvalue weighted by Crippen LogP contribution is -1.84. The Labute approximate surface area is 86.3 Å². The van der Waals surface area contributed by atoms with Crippen molar-refractivity contribution in [1.29, 1.82) is 0 Å². The molecule has 0 saturated heterocycles. The normalized spacial score (nSPS) is 11.1. The Morgan fingerprint density at radius 2 is 1.64 bits per heavy atom. The van der Waals surface area contributed by atoms with Crippen LogP contribution in [0.3, 0.4) is 0 Å². The summed E-state index contributed by atoms with van der Waals surface area (Å²) in [5.74, 6) is 0. The van der Waals surface area contributed by atoms with Gasteiger partial charge >= 0.3 is 0 Å². The Bertz CT molecular complexity index is 361. The molecular weight excluding hydrogens is 168 g/mol. The van der Waals surface area contributed by atoms with E-state index >= 15 is 0 Å². The molecule has 14 heavy (non-hydrogen) atoms. The zero-order valence-electron chi connectivity index (χ0n) is 8.88. The molecule has 1 aromatic rings. The molecule has 0 aliphatic rings. The average molecular weight is 184 g/mol. The molecule has 1 rings (SSSR count). The van der Waals surface area contributed by atoms with Gasteiger partial charge in [0.2, 0.25) is 0 Å². The van der Waals surface area contributed by atoms with Crippen LogP contribution in [-0.4, -0.2) is 0 Å². The largest absolute Gasteiger partial charge is 0.0990 e. The van der Waals surface area contributed by atoms with Gasteiger partial charge in [-0.25, -0.2) is 0 Å². The minimum absolute atomic E-state index is 1.12. The first-order valence-electron chi connectivity index (χ1n) is 4.71. The molecule has 0 saturated carbocycles. The van der Waals surface area contributed by atoms with Crippen molar-refractivity contribution in [2.24, 2.45) is 0 Å². The number of hydrogen-bond donors (Lipinski definition) is 0. The van der Waals surface area contributed by atoms with Crippen LogP contribution in [0.2, 0.25) is 0 Å². The van der Waals surface area contributed by atoms with Crippen LogP contribution in [0.5, 0.6) is 0 Å². The van der Waals surface area contributed by atoms with Gasteiger partial charge in [0.15, 0.2) is 0 Å². The van der Waals surface area contributed by atoms with E-state index in [1.54, 1.807) is 6.08 Å². The molecule has 0 amide bonds. The molecule has 0 heterocycles. The average Bonchev–Trinajstić information content (AvgIpc) is 2.12. The van der Waals surface area contributed by atoms with Crippen molar-refractivity contribution >= 4 is 5.57 Å². The molecule has 0 radical (unpaired) electrons. The summed E-state index contributed by atoms with van der Waals surface area (Å²) in [6.07, 6.45) is 5.62. The van der Waals surface area contributed by atoms with Crippen LogP contribution in [0.1, 0.15) is 16.7 Å². The Balaban J connectivity index is 3.23. The van der Waals surface area contributed by atoms with Crippen LogP contribution in [0.4, 0.5) is 0 Å². The number of allylic oxidation sites excluding steroid dienone is 4. The minimum atomic E-state index is 1.12. The first kappa shape index (κ1) is 10.5. The van der Waals surface area contributed by atoms with Crippen LogP contribution < -0.4 is 0 Å². The van der Waals surface area contributed by atoms with E-state index in [1.807, 2.05) is 12.2 Å². The second kappa shape index (κ2) is 4.61. The van der Waals surface area contributed by atoms with Gasteiger partial charge in [-0.2, -0.15) is 0 Å². The fourth-order valence-electron chi connectivity index (χ4n) is 1.55. The Morgan fingerprint density at radius 1 is 1.07 bits per heavy atom. The van der Waals surface area contributed by atoms with Crippen molar-refractivity contribution in [3.05, 3.63) is 66.3 Å². The first-order valence-corrected chi connectivity index (χ1v) is 4.71. The minimum Gasteiger partial charge on any atom is -0.0990 e. The molecule has 0 aliphatic heterocycles. The summed E-state index contributed by atoms with van der Waals surface area (Å²) in [7, 11) is 0. The summed E-state index contributed by atoms with van der Waals surface area (Å²) in [6, 6.07) is 6.48. The Hall–Kier alpha value is -1.56. The highest BCUT2D eigenvalue weighted by Crippen LogP contribution is 2.18. The fraction of sp³-hybridized carbons (Fsp3) is 0.143. The third-order valence-corrected chi connectivity index (χ3v) is 2.07. The van der Waals surface area contributed by atoms with Gasteiger partial charge in [0.1, 0.15) is 0 Å². The molecule has 72 valence electrons. The first-order chi connectivity index (χ1) is 6.67. The molecule has 0 aliphatic carbocycles. The van der Waals surface area contributed by atoms with Gasteiger partial charge in [-0.1, -0.05) is 60.7 Å². The summed E-state index contributed by atoms with van der Waals surface area (Å²) in [6.45, 7) is 11.7. The van der Waals surface area contributed by atoms with Gasteiger partial charge in [0, 0.05) is 0 Å². The Kier molecular flexibility index (Phi) is 3.47. The third-order valence-electron chi connectivity index (χ3n) is 2.07. The number of benzene rings is 1. The highest BCUT2D eigenvalue weighted by Gasteiger charge is 1.98. The van der Waals surface area contributed by atoms with E-state index < -0.39 is 0 Å². The molecule has 0 atom stereocenters. The summed E-state index contributed by atoms with van der Waals surface area (Å²) in [5, 5.41) is 0. The molecule has 0 unspecified atom stereocenters. The van der Waals surface area contributed by atoms with E-state index in [2.05, 4.69) is 45.2 Å². The van der Waals surface area contributed by atoms with E-state index in [0.29, 0.717) is 0 Å². The van der Waals surface area contributed by atoms with E-state index in [9.17, 15) is 0 Å². The predicted octanol–water partition coefficient (Wildman–Crippen LogP) is 4.06. The summed E-state index contributed by atoms with van der Waals surface area (Å²) in [5.41, 5.74) is 4.87. The lowest BCUT2D eigenvalue weighted by molar-refractivity contribution is 1.37. The van der Waals surface area contributed by atoms with Gasteiger partial charge in [0.05, 0.1) is 0 Å². The summed E-state index contributed by atoms with van der Waals surface area (Å²) >= 11 is 0. The zero-order valence-corrected chi connectivity index (χ0v) is 8.88. The third kappa shape index (κ3) is 2.46.